The molecule has 0 fully saturated rings. The van der Waals surface area contributed by atoms with Crippen LogP contribution in [-0.4, -0.2) is 47.1 Å². The molecule has 0 saturated heterocycles. The Bertz CT molecular complexity index is 11.5. The van der Waals surface area contributed by atoms with E-state index in [1.807, 2.05) is 0 Å². The van der Waals surface area contributed by atoms with E-state index in [4.69, 9.17) is 9.32 Å². The molecular weight excluding hydrogens is 207 g/mol. The molecule has 0 saturated carbocycles. The number of hydrogen-bond acceptors (Lipinski definition) is 2. The van der Waals surface area contributed by atoms with Gasteiger partial charge in [-0.05, 0) is 0 Å². The topological polar surface area (TPSA) is 40.5 Å². The molecular formula is H4CaCl2CuO2. The molecule has 0 spiro atoms. The minimum atomic E-state index is 0. The Morgan fingerprint density at radius 3 is 0.833 bits per heavy atom. The summed E-state index contributed by atoms with van der Waals surface area (Å²) in [5, 5.41) is 0. The molecule has 1 radical (unpaired) electrons. The monoisotopic (exact) mass is 209 g/mol. The third kappa shape index (κ3) is 33.7. The number of rotatable bonds is 0. The Morgan fingerprint density at radius 1 is 0.833 bits per heavy atom. The van der Waals surface area contributed by atoms with E-state index in [2.05, 4.69) is 23.7 Å². The summed E-state index contributed by atoms with van der Waals surface area (Å²) in [5.41, 5.74) is 0. The van der Waals surface area contributed by atoms with Gasteiger partial charge >= 0.3 is 37.7 Å². The van der Waals surface area contributed by atoms with E-state index in [0.717, 1.165) is 0 Å². The summed E-state index contributed by atoms with van der Waals surface area (Å²) in [7, 11) is 0. The van der Waals surface area contributed by atoms with E-state index >= 15 is 0 Å². The zero-order valence-electron chi connectivity index (χ0n) is 1.95. The van der Waals surface area contributed by atoms with Crippen LogP contribution < -0.4 is 0 Å². The average Bonchev–Trinajstić information content (AvgIpc) is 1.50. The normalized spacial score (nSPS) is 2.00. The van der Waals surface area contributed by atoms with Crippen molar-refractivity contribution in [3.05, 3.63) is 0 Å². The first kappa shape index (κ1) is 24.0. The quantitative estimate of drug-likeness (QED) is 0.522. The van der Waals surface area contributed by atoms with Crippen LogP contribution >= 0.6 is 23.7 Å². The van der Waals surface area contributed by atoms with Crippen molar-refractivity contribution in [1.29, 1.82) is 0 Å². The van der Waals surface area contributed by atoms with Gasteiger partial charge in [-0.15, -0.1) is 0 Å². The number of hydrogen-bond donors (Lipinski definition) is 2. The molecule has 0 unspecified atom stereocenters. The Labute approximate surface area is 86.6 Å². The van der Waals surface area contributed by atoms with Gasteiger partial charge in [0, 0.05) is 17.1 Å². The van der Waals surface area contributed by atoms with Crippen LogP contribution in [0.4, 0.5) is 0 Å². The van der Waals surface area contributed by atoms with Crippen molar-refractivity contribution >= 4 is 61.5 Å². The third-order valence-electron chi connectivity index (χ3n) is 0. The second-order valence-corrected chi connectivity index (χ2v) is 0. The van der Waals surface area contributed by atoms with Gasteiger partial charge in [0.05, 0.1) is 23.7 Å². The van der Waals surface area contributed by atoms with Crippen molar-refractivity contribution in [3.8, 4) is 0 Å². The smallest absolute Gasteiger partial charge is 0 e. The maximum Gasteiger partial charge on any atom is 0 e. The Morgan fingerprint density at radius 2 is 0.833 bits per heavy atom. The zero-order valence-corrected chi connectivity index (χ0v) is 4.41. The molecule has 0 aromatic carbocycles. The Hall–Kier alpha value is 2.28. The van der Waals surface area contributed by atoms with Crippen molar-refractivity contribution in [3.63, 3.8) is 0 Å². The molecule has 0 aliphatic rings. The van der Waals surface area contributed by atoms with Crippen molar-refractivity contribution in [1.82, 2.24) is 0 Å². The van der Waals surface area contributed by atoms with Gasteiger partial charge in [0.1, 0.15) is 0 Å². The summed E-state index contributed by atoms with van der Waals surface area (Å²) in [5.74, 6) is 0. The predicted octanol–water partition coefficient (Wildman–Crippen LogP) is -0.654. The first-order valence-corrected chi connectivity index (χ1v) is 1.01. The molecule has 0 bridgehead atoms. The summed E-state index contributed by atoms with van der Waals surface area (Å²) in [4.78, 5) is 0. The molecule has 0 atom stereocenters. The van der Waals surface area contributed by atoms with E-state index in [1.54, 1.807) is 0 Å². The summed E-state index contributed by atoms with van der Waals surface area (Å²) >= 11 is 7.28. The van der Waals surface area contributed by atoms with E-state index in [9.17, 15) is 0 Å². The van der Waals surface area contributed by atoms with Gasteiger partial charge in [0.25, 0.3) is 0 Å². The SMILES string of the molecule is OCl.OCl.[CaH2].[Cu]. The minimum absolute atomic E-state index is 0. The molecule has 2 N–H and O–H groups in total. The van der Waals surface area contributed by atoms with Crippen LogP contribution in [0.1, 0.15) is 0 Å². The van der Waals surface area contributed by atoms with Gasteiger partial charge < -0.3 is 0 Å². The summed E-state index contributed by atoms with van der Waals surface area (Å²) < 4.78 is 12.9. The maximum absolute atomic E-state index is 6.47. The van der Waals surface area contributed by atoms with Gasteiger partial charge in [-0.1, -0.05) is 0 Å². The second kappa shape index (κ2) is 55.2. The molecule has 0 aliphatic heterocycles. The van der Waals surface area contributed by atoms with Crippen LogP contribution in [-0.2, 0) is 17.1 Å². The fourth-order valence-electron chi connectivity index (χ4n) is 0. The largest absolute Gasteiger partial charge is 0 e. The van der Waals surface area contributed by atoms with E-state index in [1.165, 1.54) is 0 Å². The third-order valence-corrected chi connectivity index (χ3v) is 0. The summed E-state index contributed by atoms with van der Waals surface area (Å²) in [6, 6.07) is 0. The molecule has 0 heterocycles. The van der Waals surface area contributed by atoms with Gasteiger partial charge in [-0.2, -0.15) is 0 Å². The van der Waals surface area contributed by atoms with Crippen molar-refractivity contribution in [2.75, 3.05) is 0 Å². The molecule has 0 amide bonds. The van der Waals surface area contributed by atoms with Crippen LogP contribution in [0.25, 0.3) is 0 Å². The maximum atomic E-state index is 6.47. The van der Waals surface area contributed by atoms with E-state index in [0.29, 0.717) is 0 Å². The molecule has 2 nitrogen and oxygen atoms in total. The van der Waals surface area contributed by atoms with E-state index < -0.39 is 0 Å². The van der Waals surface area contributed by atoms with Crippen molar-refractivity contribution < 1.29 is 26.4 Å². The molecule has 0 aromatic rings. The predicted molar refractivity (Wildman–Crippen MR) is 24.7 cm³/mol. The van der Waals surface area contributed by atoms with Crippen LogP contribution in [0.2, 0.25) is 0 Å². The number of halogens is 2. The van der Waals surface area contributed by atoms with Gasteiger partial charge in [-0.25, -0.2) is 0 Å². The van der Waals surface area contributed by atoms with Gasteiger partial charge in [0.2, 0.25) is 0 Å². The molecule has 6 heavy (non-hydrogen) atoms. The first-order valence-electron chi connectivity index (χ1n) is 0.338. The van der Waals surface area contributed by atoms with Gasteiger partial charge in [-0.3, -0.25) is 9.32 Å². The standard InChI is InChI=1S/Ca.2ClHO.Cu.2H/c;2*1-2;;;/h;2*2H;;;. The van der Waals surface area contributed by atoms with Gasteiger partial charge in [0.15, 0.2) is 0 Å². The van der Waals surface area contributed by atoms with Crippen LogP contribution in [0, 0.1) is 0 Å². The van der Waals surface area contributed by atoms with Crippen molar-refractivity contribution in [2.24, 2.45) is 0 Å². The molecule has 0 aliphatic carbocycles. The summed E-state index contributed by atoms with van der Waals surface area (Å²) in [6.45, 7) is 0. The molecule has 0 rings (SSSR count). The van der Waals surface area contributed by atoms with E-state index in [-0.39, 0.29) is 54.8 Å². The Kier molecular flexibility index (Phi) is 221. The van der Waals surface area contributed by atoms with Crippen LogP contribution in [0.3, 0.4) is 0 Å². The summed E-state index contributed by atoms with van der Waals surface area (Å²) in [6.07, 6.45) is 0. The van der Waals surface area contributed by atoms with Crippen molar-refractivity contribution in [2.45, 2.75) is 0 Å². The minimum Gasteiger partial charge on any atom is 0 e. The zero-order chi connectivity index (χ0) is 4.00. The van der Waals surface area contributed by atoms with Crippen LogP contribution in [0.15, 0.2) is 0 Å². The second-order valence-electron chi connectivity index (χ2n) is 0. The molecule has 6 heteroatoms. The fourth-order valence-corrected chi connectivity index (χ4v) is 0. The first-order chi connectivity index (χ1) is 2.00. The average molecular weight is 211 g/mol. The molecule has 43 valence electrons. The molecule has 0 aromatic heterocycles. The fraction of sp³-hybridized carbons (Fsp3) is 0. The van der Waals surface area contributed by atoms with Crippen LogP contribution in [0.5, 0.6) is 0 Å². The Balaban J connectivity index is -0.00000000500.